The molecule has 0 aliphatic carbocycles. The molecule has 0 atom stereocenters. The van der Waals surface area contributed by atoms with Crippen molar-refractivity contribution in [1.29, 1.82) is 0 Å². The maximum absolute atomic E-state index is 4.56. The SMILES string of the molecule is CCCCCNc1cc(C)nc(Nc2cccc(C)c2C)n1. The summed E-state index contributed by atoms with van der Waals surface area (Å²) >= 11 is 0. The highest BCUT2D eigenvalue weighted by Gasteiger charge is 2.05. The molecule has 0 bridgehead atoms. The Hall–Kier alpha value is -2.10. The van der Waals surface area contributed by atoms with E-state index in [1.165, 1.54) is 30.4 Å². The smallest absolute Gasteiger partial charge is 0.229 e. The molecule has 0 aliphatic heterocycles. The van der Waals surface area contributed by atoms with Gasteiger partial charge in [-0.2, -0.15) is 4.98 Å². The zero-order chi connectivity index (χ0) is 15.9. The predicted molar refractivity (Wildman–Crippen MR) is 94.0 cm³/mol. The molecule has 1 heterocycles. The van der Waals surface area contributed by atoms with Crippen LogP contribution in [0.4, 0.5) is 17.5 Å². The van der Waals surface area contributed by atoms with Crippen LogP contribution in [0.15, 0.2) is 24.3 Å². The fourth-order valence-corrected chi connectivity index (χ4v) is 2.31. The van der Waals surface area contributed by atoms with E-state index < -0.39 is 0 Å². The molecule has 22 heavy (non-hydrogen) atoms. The van der Waals surface area contributed by atoms with Gasteiger partial charge in [0.1, 0.15) is 5.82 Å². The van der Waals surface area contributed by atoms with Crippen LogP contribution in [0.2, 0.25) is 0 Å². The molecule has 118 valence electrons. The van der Waals surface area contributed by atoms with Crippen molar-refractivity contribution in [3.63, 3.8) is 0 Å². The fourth-order valence-electron chi connectivity index (χ4n) is 2.31. The van der Waals surface area contributed by atoms with E-state index >= 15 is 0 Å². The summed E-state index contributed by atoms with van der Waals surface area (Å²) in [5, 5.41) is 6.71. The quantitative estimate of drug-likeness (QED) is 0.724. The Balaban J connectivity index is 2.10. The summed E-state index contributed by atoms with van der Waals surface area (Å²) in [6.45, 7) is 9.37. The van der Waals surface area contributed by atoms with Crippen LogP contribution in [0.3, 0.4) is 0 Å². The highest BCUT2D eigenvalue weighted by molar-refractivity contribution is 5.61. The molecule has 2 N–H and O–H groups in total. The van der Waals surface area contributed by atoms with E-state index in [0.29, 0.717) is 5.95 Å². The molecule has 2 aromatic rings. The molecule has 0 saturated carbocycles. The minimum absolute atomic E-state index is 0.645. The zero-order valence-corrected chi connectivity index (χ0v) is 14.0. The lowest BCUT2D eigenvalue weighted by Gasteiger charge is -2.12. The molecule has 0 radical (unpaired) electrons. The summed E-state index contributed by atoms with van der Waals surface area (Å²) < 4.78 is 0. The van der Waals surface area contributed by atoms with Crippen LogP contribution >= 0.6 is 0 Å². The summed E-state index contributed by atoms with van der Waals surface area (Å²) in [5.41, 5.74) is 4.50. The Bertz CT molecular complexity index is 622. The molecule has 0 spiro atoms. The van der Waals surface area contributed by atoms with E-state index in [1.807, 2.05) is 19.1 Å². The summed E-state index contributed by atoms with van der Waals surface area (Å²) in [4.78, 5) is 9.05. The van der Waals surface area contributed by atoms with Crippen molar-refractivity contribution in [2.24, 2.45) is 0 Å². The molecular formula is C18H26N4. The molecule has 1 aromatic heterocycles. The summed E-state index contributed by atoms with van der Waals surface area (Å²) in [5.74, 6) is 1.53. The van der Waals surface area contributed by atoms with Gasteiger partial charge in [-0.25, -0.2) is 4.98 Å². The van der Waals surface area contributed by atoms with Crippen molar-refractivity contribution < 1.29 is 0 Å². The number of rotatable bonds is 7. The normalized spacial score (nSPS) is 10.5. The number of nitrogens with one attached hydrogen (secondary N) is 2. The number of aromatic nitrogens is 2. The van der Waals surface area contributed by atoms with Crippen LogP contribution in [0.25, 0.3) is 0 Å². The maximum atomic E-state index is 4.56. The molecule has 4 nitrogen and oxygen atoms in total. The van der Waals surface area contributed by atoms with Crippen molar-refractivity contribution in [2.75, 3.05) is 17.2 Å². The third-order valence-corrected chi connectivity index (χ3v) is 3.79. The number of hydrogen-bond acceptors (Lipinski definition) is 4. The van der Waals surface area contributed by atoms with Gasteiger partial charge in [-0.15, -0.1) is 0 Å². The lowest BCUT2D eigenvalue weighted by Crippen LogP contribution is -2.07. The topological polar surface area (TPSA) is 49.8 Å². The van der Waals surface area contributed by atoms with Crippen LogP contribution in [-0.4, -0.2) is 16.5 Å². The molecule has 0 unspecified atom stereocenters. The first-order valence-electron chi connectivity index (χ1n) is 8.03. The highest BCUT2D eigenvalue weighted by Crippen LogP contribution is 2.22. The van der Waals surface area contributed by atoms with Crippen molar-refractivity contribution in [1.82, 2.24) is 9.97 Å². The van der Waals surface area contributed by atoms with Gasteiger partial charge in [0.25, 0.3) is 0 Å². The zero-order valence-electron chi connectivity index (χ0n) is 14.0. The van der Waals surface area contributed by atoms with Gasteiger partial charge in [0.05, 0.1) is 0 Å². The molecule has 2 rings (SSSR count). The van der Waals surface area contributed by atoms with E-state index in [2.05, 4.69) is 53.5 Å². The largest absolute Gasteiger partial charge is 0.370 e. The maximum Gasteiger partial charge on any atom is 0.229 e. The van der Waals surface area contributed by atoms with Crippen molar-refractivity contribution in [3.05, 3.63) is 41.1 Å². The van der Waals surface area contributed by atoms with Crippen molar-refractivity contribution in [2.45, 2.75) is 47.0 Å². The van der Waals surface area contributed by atoms with E-state index in [0.717, 1.165) is 23.7 Å². The monoisotopic (exact) mass is 298 g/mol. The Morgan fingerprint density at radius 2 is 1.86 bits per heavy atom. The standard InChI is InChI=1S/C18H26N4/c1-5-6-7-11-19-17-12-14(3)20-18(22-17)21-16-10-8-9-13(2)15(16)4/h8-10,12H,5-7,11H2,1-4H3,(H2,19,20,21,22). The Kier molecular flexibility index (Phi) is 5.75. The average molecular weight is 298 g/mol. The van der Waals surface area contributed by atoms with Crippen molar-refractivity contribution >= 4 is 17.5 Å². The van der Waals surface area contributed by atoms with Crippen LogP contribution in [0.5, 0.6) is 0 Å². The summed E-state index contributed by atoms with van der Waals surface area (Å²) in [6.07, 6.45) is 3.63. The third kappa shape index (κ3) is 4.45. The first-order chi connectivity index (χ1) is 10.6. The van der Waals surface area contributed by atoms with Gasteiger partial charge in [0, 0.05) is 24.0 Å². The minimum atomic E-state index is 0.645. The summed E-state index contributed by atoms with van der Waals surface area (Å²) in [6, 6.07) is 8.20. The highest BCUT2D eigenvalue weighted by atomic mass is 15.1. The van der Waals surface area contributed by atoms with Gasteiger partial charge in [-0.1, -0.05) is 31.9 Å². The number of nitrogens with zero attached hydrogens (tertiary/aromatic N) is 2. The summed E-state index contributed by atoms with van der Waals surface area (Å²) in [7, 11) is 0. The fraction of sp³-hybridized carbons (Fsp3) is 0.444. The number of hydrogen-bond donors (Lipinski definition) is 2. The number of anilines is 3. The Morgan fingerprint density at radius 3 is 2.64 bits per heavy atom. The second kappa shape index (κ2) is 7.78. The first-order valence-corrected chi connectivity index (χ1v) is 8.03. The van der Waals surface area contributed by atoms with Gasteiger partial charge in [0.2, 0.25) is 5.95 Å². The Labute approximate surface area is 133 Å². The molecule has 0 aliphatic rings. The molecule has 0 fully saturated rings. The van der Waals surface area contributed by atoms with E-state index in [4.69, 9.17) is 0 Å². The van der Waals surface area contributed by atoms with E-state index in [1.54, 1.807) is 0 Å². The molecule has 1 aromatic carbocycles. The minimum Gasteiger partial charge on any atom is -0.370 e. The average Bonchev–Trinajstić information content (AvgIpc) is 2.48. The van der Waals surface area contributed by atoms with Gasteiger partial charge in [-0.05, 0) is 44.4 Å². The van der Waals surface area contributed by atoms with E-state index in [9.17, 15) is 0 Å². The molecule has 0 amide bonds. The van der Waals surface area contributed by atoms with Crippen LogP contribution < -0.4 is 10.6 Å². The van der Waals surface area contributed by atoms with Gasteiger partial charge >= 0.3 is 0 Å². The van der Waals surface area contributed by atoms with Gasteiger partial charge in [-0.3, -0.25) is 0 Å². The first kappa shape index (κ1) is 16.3. The van der Waals surface area contributed by atoms with E-state index in [-0.39, 0.29) is 0 Å². The Morgan fingerprint density at radius 1 is 1.05 bits per heavy atom. The van der Waals surface area contributed by atoms with Gasteiger partial charge in [0.15, 0.2) is 0 Å². The van der Waals surface area contributed by atoms with Crippen LogP contribution in [0, 0.1) is 20.8 Å². The second-order valence-corrected chi connectivity index (χ2v) is 5.72. The van der Waals surface area contributed by atoms with Crippen molar-refractivity contribution in [3.8, 4) is 0 Å². The van der Waals surface area contributed by atoms with Crippen LogP contribution in [0.1, 0.15) is 43.0 Å². The number of aryl methyl sites for hydroxylation is 2. The lowest BCUT2D eigenvalue weighted by atomic mass is 10.1. The molecular weight excluding hydrogens is 272 g/mol. The second-order valence-electron chi connectivity index (χ2n) is 5.72. The molecule has 0 saturated heterocycles. The lowest BCUT2D eigenvalue weighted by molar-refractivity contribution is 0.742. The van der Waals surface area contributed by atoms with Gasteiger partial charge < -0.3 is 10.6 Å². The number of unbranched alkanes of at least 4 members (excludes halogenated alkanes) is 2. The van der Waals surface area contributed by atoms with Crippen LogP contribution in [-0.2, 0) is 0 Å². The predicted octanol–water partition coefficient (Wildman–Crippen LogP) is 4.75. The molecule has 4 heteroatoms. The number of benzene rings is 1. The third-order valence-electron chi connectivity index (χ3n) is 3.79.